The smallest absolute Gasteiger partial charge is 0.259 e. The molecule has 6 nitrogen and oxygen atoms in total. The summed E-state index contributed by atoms with van der Waals surface area (Å²) in [5.41, 5.74) is 2.02. The van der Waals surface area contributed by atoms with E-state index in [1.807, 2.05) is 36.4 Å². The normalized spacial score (nSPS) is 14.2. The molecule has 4 rings (SSSR count). The monoisotopic (exact) mass is 447 g/mol. The van der Waals surface area contributed by atoms with Gasteiger partial charge in [-0.05, 0) is 55.0 Å². The van der Waals surface area contributed by atoms with E-state index in [9.17, 15) is 9.18 Å². The lowest BCUT2D eigenvalue weighted by molar-refractivity contribution is 0.0982. The van der Waals surface area contributed by atoms with Crippen LogP contribution in [0.5, 0.6) is 5.75 Å². The van der Waals surface area contributed by atoms with Gasteiger partial charge in [0.25, 0.3) is 5.91 Å². The second kappa shape index (κ2) is 10.4. The van der Waals surface area contributed by atoms with Gasteiger partial charge in [0.2, 0.25) is 0 Å². The number of aryl methyl sites for hydroxylation is 1. The van der Waals surface area contributed by atoms with Crippen molar-refractivity contribution in [3.8, 4) is 5.75 Å². The molecule has 1 saturated heterocycles. The number of rotatable bonds is 7. The summed E-state index contributed by atoms with van der Waals surface area (Å²) >= 11 is 0. The second-order valence-electron chi connectivity index (χ2n) is 8.11. The van der Waals surface area contributed by atoms with Crippen LogP contribution in [0.3, 0.4) is 0 Å². The third kappa shape index (κ3) is 5.31. The van der Waals surface area contributed by atoms with Crippen LogP contribution in [0.1, 0.15) is 15.9 Å². The summed E-state index contributed by atoms with van der Waals surface area (Å²) in [6, 6.07) is 18.1. The standard InChI is InChI=1S/C26H29FN4O2/c1-20-19-21(10-11-22(20)27)26(32)31(25-9-5-6-12-28-25)18-15-29-13-16-30(17-14-29)23-7-3-4-8-24(23)33-2/h3-12,19H,13-18H2,1-2H3/i27-1. The number of aromatic nitrogens is 1. The van der Waals surface area contributed by atoms with Crippen LogP contribution in [-0.2, 0) is 0 Å². The van der Waals surface area contributed by atoms with Gasteiger partial charge in [-0.25, -0.2) is 9.37 Å². The van der Waals surface area contributed by atoms with Gasteiger partial charge < -0.3 is 9.64 Å². The zero-order valence-electron chi connectivity index (χ0n) is 19.1. The molecule has 0 saturated carbocycles. The first kappa shape index (κ1) is 22.7. The maximum Gasteiger partial charge on any atom is 0.259 e. The summed E-state index contributed by atoms with van der Waals surface area (Å²) in [6.07, 6.45) is 1.68. The highest BCUT2D eigenvalue weighted by molar-refractivity contribution is 6.05. The van der Waals surface area contributed by atoms with E-state index >= 15 is 0 Å². The van der Waals surface area contributed by atoms with Gasteiger partial charge in [0, 0.05) is 51.0 Å². The van der Waals surface area contributed by atoms with Crippen LogP contribution in [0, 0.1) is 12.7 Å². The third-order valence-corrected chi connectivity index (χ3v) is 6.01. The zero-order chi connectivity index (χ0) is 23.2. The van der Waals surface area contributed by atoms with Crippen molar-refractivity contribution in [2.75, 3.05) is 56.2 Å². The molecule has 33 heavy (non-hydrogen) atoms. The van der Waals surface area contributed by atoms with E-state index in [1.54, 1.807) is 31.2 Å². The van der Waals surface area contributed by atoms with E-state index in [0.717, 1.165) is 44.2 Å². The minimum absolute atomic E-state index is 0.176. The van der Waals surface area contributed by atoms with Crippen molar-refractivity contribution in [3.63, 3.8) is 0 Å². The molecule has 1 amide bonds. The van der Waals surface area contributed by atoms with E-state index in [4.69, 9.17) is 4.74 Å². The van der Waals surface area contributed by atoms with Crippen molar-refractivity contribution in [1.82, 2.24) is 9.88 Å². The minimum Gasteiger partial charge on any atom is -0.495 e. The topological polar surface area (TPSA) is 48.9 Å². The number of carbonyl (C=O) groups is 1. The molecule has 1 aliphatic heterocycles. The number of nitrogens with zero attached hydrogens (tertiary/aromatic N) is 4. The summed E-state index contributed by atoms with van der Waals surface area (Å²) in [5, 5.41) is 0. The van der Waals surface area contributed by atoms with E-state index in [-0.39, 0.29) is 11.7 Å². The molecule has 0 spiro atoms. The molecule has 7 heteroatoms. The number of hydrogen-bond donors (Lipinski definition) is 0. The Kier molecular flexibility index (Phi) is 7.19. The van der Waals surface area contributed by atoms with E-state index in [2.05, 4.69) is 20.9 Å². The van der Waals surface area contributed by atoms with Crippen LogP contribution in [0.25, 0.3) is 0 Å². The molecule has 0 bridgehead atoms. The number of hydrogen-bond acceptors (Lipinski definition) is 5. The fraction of sp³-hybridized carbons (Fsp3) is 0.308. The minimum atomic E-state index is -0.316. The predicted molar refractivity (Wildman–Crippen MR) is 129 cm³/mol. The molecular weight excluding hydrogens is 418 g/mol. The number of methoxy groups -OCH3 is 1. The van der Waals surface area contributed by atoms with Gasteiger partial charge in [-0.15, -0.1) is 0 Å². The van der Waals surface area contributed by atoms with Gasteiger partial charge >= 0.3 is 0 Å². The molecule has 3 aromatic rings. The fourth-order valence-electron chi connectivity index (χ4n) is 4.11. The first-order chi connectivity index (χ1) is 16.1. The number of benzene rings is 2. The van der Waals surface area contributed by atoms with Crippen LogP contribution in [0.4, 0.5) is 15.9 Å². The summed E-state index contributed by atoms with van der Waals surface area (Å²) in [5.74, 6) is 0.984. The number of pyridine rings is 1. The third-order valence-electron chi connectivity index (χ3n) is 6.01. The Morgan fingerprint density at radius 2 is 1.82 bits per heavy atom. The van der Waals surface area contributed by atoms with Crippen molar-refractivity contribution >= 4 is 17.4 Å². The Morgan fingerprint density at radius 3 is 2.52 bits per heavy atom. The Morgan fingerprint density at radius 1 is 1.06 bits per heavy atom. The lowest BCUT2D eigenvalue weighted by Crippen LogP contribution is -2.49. The van der Waals surface area contributed by atoms with Gasteiger partial charge in [-0.1, -0.05) is 18.2 Å². The highest BCUT2D eigenvalue weighted by atomic mass is 18.2. The maximum absolute atomic E-state index is 13.7. The molecule has 0 N–H and O–H groups in total. The van der Waals surface area contributed by atoms with Gasteiger partial charge in [0.05, 0.1) is 12.8 Å². The second-order valence-corrected chi connectivity index (χ2v) is 8.11. The number of ether oxygens (including phenoxy) is 1. The summed E-state index contributed by atoms with van der Waals surface area (Å²) in [4.78, 5) is 24.1. The molecule has 1 aliphatic rings. The molecular formula is C26H29FN4O2. The van der Waals surface area contributed by atoms with Crippen LogP contribution in [0.15, 0.2) is 66.9 Å². The maximum atomic E-state index is 13.7. The van der Waals surface area contributed by atoms with E-state index in [0.29, 0.717) is 23.5 Å². The molecule has 0 unspecified atom stereocenters. The van der Waals surface area contributed by atoms with Crippen molar-refractivity contribution in [2.45, 2.75) is 6.92 Å². The number of carbonyl (C=O) groups excluding carboxylic acids is 1. The number of para-hydroxylation sites is 2. The number of halogens is 1. The number of anilines is 2. The van der Waals surface area contributed by atoms with E-state index < -0.39 is 0 Å². The first-order valence-corrected chi connectivity index (χ1v) is 11.2. The van der Waals surface area contributed by atoms with Crippen molar-refractivity contribution < 1.29 is 13.9 Å². The highest BCUT2D eigenvalue weighted by Crippen LogP contribution is 2.28. The number of amides is 1. The van der Waals surface area contributed by atoms with Crippen LogP contribution >= 0.6 is 0 Å². The molecule has 0 radical (unpaired) electrons. The molecule has 2 aromatic carbocycles. The van der Waals surface area contributed by atoms with Crippen LogP contribution < -0.4 is 14.5 Å². The quantitative estimate of drug-likeness (QED) is 0.548. The summed E-state index contributed by atoms with van der Waals surface area (Å²) in [7, 11) is 1.70. The Bertz CT molecular complexity index is 1080. The van der Waals surface area contributed by atoms with Gasteiger partial charge in [-0.2, -0.15) is 0 Å². The summed E-state index contributed by atoms with van der Waals surface area (Å²) in [6.45, 7) is 6.43. The Labute approximate surface area is 194 Å². The molecule has 0 atom stereocenters. The van der Waals surface area contributed by atoms with Gasteiger partial charge in [-0.3, -0.25) is 14.6 Å². The van der Waals surface area contributed by atoms with Crippen LogP contribution in [-0.4, -0.2) is 62.2 Å². The molecule has 1 fully saturated rings. The fourth-order valence-corrected chi connectivity index (χ4v) is 4.11. The van der Waals surface area contributed by atoms with Crippen molar-refractivity contribution in [2.24, 2.45) is 0 Å². The average Bonchev–Trinajstić information content (AvgIpc) is 2.86. The highest BCUT2D eigenvalue weighted by Gasteiger charge is 2.23. The molecule has 1 aromatic heterocycles. The average molecular weight is 448 g/mol. The van der Waals surface area contributed by atoms with E-state index in [1.165, 1.54) is 12.1 Å². The lowest BCUT2D eigenvalue weighted by Gasteiger charge is -2.37. The molecule has 2 heterocycles. The largest absolute Gasteiger partial charge is 0.495 e. The van der Waals surface area contributed by atoms with Gasteiger partial charge in [0.1, 0.15) is 17.4 Å². The SMILES string of the molecule is COc1ccccc1N1CCN(CCN(C(=O)c2ccc([18F])c(C)c2)c2ccccn2)CC1. The molecule has 172 valence electrons. The van der Waals surface area contributed by atoms with Crippen molar-refractivity contribution in [1.29, 1.82) is 0 Å². The van der Waals surface area contributed by atoms with Crippen LogP contribution in [0.2, 0.25) is 0 Å². The lowest BCUT2D eigenvalue weighted by atomic mass is 10.1. The first-order valence-electron chi connectivity index (χ1n) is 11.2. The zero-order valence-corrected chi connectivity index (χ0v) is 19.1. The Hall–Kier alpha value is -3.45. The van der Waals surface area contributed by atoms with Crippen molar-refractivity contribution in [3.05, 3.63) is 83.8 Å². The predicted octanol–water partition coefficient (Wildman–Crippen LogP) is 4.01. The number of piperazine rings is 1. The van der Waals surface area contributed by atoms with Gasteiger partial charge in [0.15, 0.2) is 0 Å². The molecule has 0 aliphatic carbocycles. The summed E-state index contributed by atoms with van der Waals surface area (Å²) < 4.78 is 19.2. The Balaban J connectivity index is 1.42.